The van der Waals surface area contributed by atoms with Crippen molar-refractivity contribution in [1.82, 2.24) is 9.80 Å². The average molecular weight is 388 g/mol. The SMILES string of the molecule is CC(=O)c1ccc(NC(=S)N2CCN(Cc3ccccc3Cl)CC2)cc1. The second kappa shape index (κ2) is 8.62. The molecule has 0 spiro atoms. The van der Waals surface area contributed by atoms with E-state index in [0.717, 1.165) is 54.1 Å². The highest BCUT2D eigenvalue weighted by molar-refractivity contribution is 7.80. The van der Waals surface area contributed by atoms with Crippen molar-refractivity contribution in [3.8, 4) is 0 Å². The fourth-order valence-corrected chi connectivity index (χ4v) is 3.46. The van der Waals surface area contributed by atoms with E-state index < -0.39 is 0 Å². The molecule has 0 aliphatic carbocycles. The fraction of sp³-hybridized carbons (Fsp3) is 0.300. The van der Waals surface area contributed by atoms with Crippen molar-refractivity contribution in [1.29, 1.82) is 0 Å². The second-order valence-corrected chi connectivity index (χ2v) is 7.21. The van der Waals surface area contributed by atoms with Crippen molar-refractivity contribution in [2.24, 2.45) is 0 Å². The van der Waals surface area contributed by atoms with Gasteiger partial charge in [0.05, 0.1) is 0 Å². The molecule has 1 saturated heterocycles. The molecule has 0 amide bonds. The normalized spacial score (nSPS) is 14.9. The number of carbonyl (C=O) groups is 1. The molecule has 0 atom stereocenters. The summed E-state index contributed by atoms with van der Waals surface area (Å²) in [6, 6.07) is 15.4. The van der Waals surface area contributed by atoms with Gasteiger partial charge >= 0.3 is 0 Å². The van der Waals surface area contributed by atoms with Crippen molar-refractivity contribution in [3.63, 3.8) is 0 Å². The van der Waals surface area contributed by atoms with Gasteiger partial charge in [-0.2, -0.15) is 0 Å². The molecule has 136 valence electrons. The summed E-state index contributed by atoms with van der Waals surface area (Å²) in [4.78, 5) is 15.9. The molecule has 0 bridgehead atoms. The number of ketones is 1. The Morgan fingerprint density at radius 1 is 1.08 bits per heavy atom. The number of halogens is 1. The summed E-state index contributed by atoms with van der Waals surface area (Å²) >= 11 is 11.8. The van der Waals surface area contributed by atoms with Crippen molar-refractivity contribution in [3.05, 3.63) is 64.7 Å². The van der Waals surface area contributed by atoms with Crippen LogP contribution in [-0.4, -0.2) is 46.9 Å². The van der Waals surface area contributed by atoms with Gasteiger partial charge in [-0.3, -0.25) is 9.69 Å². The van der Waals surface area contributed by atoms with E-state index in [1.165, 1.54) is 0 Å². The Hall–Kier alpha value is -1.95. The van der Waals surface area contributed by atoms with Gasteiger partial charge in [-0.25, -0.2) is 0 Å². The molecule has 0 aromatic heterocycles. The number of carbonyl (C=O) groups excluding carboxylic acids is 1. The number of nitrogens with one attached hydrogen (secondary N) is 1. The molecule has 0 radical (unpaired) electrons. The molecule has 2 aromatic rings. The molecule has 1 aliphatic heterocycles. The maximum atomic E-state index is 11.3. The zero-order valence-corrected chi connectivity index (χ0v) is 16.3. The van der Waals surface area contributed by atoms with Crippen molar-refractivity contribution in [2.45, 2.75) is 13.5 Å². The van der Waals surface area contributed by atoms with E-state index in [9.17, 15) is 4.79 Å². The number of Topliss-reactive ketones (excluding diaryl/α,β-unsaturated/α-hetero) is 1. The third-order valence-electron chi connectivity index (χ3n) is 4.55. The summed E-state index contributed by atoms with van der Waals surface area (Å²) in [5.41, 5.74) is 2.77. The molecule has 4 nitrogen and oxygen atoms in total. The van der Waals surface area contributed by atoms with Gasteiger partial charge in [0.2, 0.25) is 0 Å². The zero-order valence-electron chi connectivity index (χ0n) is 14.7. The molecule has 0 saturated carbocycles. The molecule has 26 heavy (non-hydrogen) atoms. The smallest absolute Gasteiger partial charge is 0.173 e. The van der Waals surface area contributed by atoms with Crippen LogP contribution in [0.2, 0.25) is 5.02 Å². The van der Waals surface area contributed by atoms with Gasteiger partial charge in [0, 0.05) is 49.0 Å². The van der Waals surface area contributed by atoms with Gasteiger partial charge in [-0.05, 0) is 55.0 Å². The van der Waals surface area contributed by atoms with Crippen LogP contribution in [0.25, 0.3) is 0 Å². The lowest BCUT2D eigenvalue weighted by atomic mass is 10.1. The highest BCUT2D eigenvalue weighted by Crippen LogP contribution is 2.18. The van der Waals surface area contributed by atoms with Gasteiger partial charge < -0.3 is 10.2 Å². The first kappa shape index (κ1) is 18.8. The lowest BCUT2D eigenvalue weighted by Crippen LogP contribution is -2.49. The number of hydrogen-bond donors (Lipinski definition) is 1. The van der Waals surface area contributed by atoms with E-state index in [-0.39, 0.29) is 5.78 Å². The monoisotopic (exact) mass is 387 g/mol. The third kappa shape index (κ3) is 4.81. The zero-order chi connectivity index (χ0) is 18.5. The highest BCUT2D eigenvalue weighted by Gasteiger charge is 2.19. The van der Waals surface area contributed by atoms with Gasteiger partial charge in [0.15, 0.2) is 10.9 Å². The van der Waals surface area contributed by atoms with Crippen LogP contribution in [0.5, 0.6) is 0 Å². The van der Waals surface area contributed by atoms with Crippen LogP contribution >= 0.6 is 23.8 Å². The van der Waals surface area contributed by atoms with Crippen LogP contribution in [0.15, 0.2) is 48.5 Å². The van der Waals surface area contributed by atoms with Crippen LogP contribution in [-0.2, 0) is 6.54 Å². The first-order valence-electron chi connectivity index (χ1n) is 8.65. The first-order chi connectivity index (χ1) is 12.5. The number of thiocarbonyl (C=S) groups is 1. The molecule has 1 heterocycles. The Morgan fingerprint density at radius 2 is 1.73 bits per heavy atom. The van der Waals surface area contributed by atoms with Gasteiger partial charge in [-0.15, -0.1) is 0 Å². The number of nitrogens with zero attached hydrogens (tertiary/aromatic N) is 2. The molecule has 1 N–H and O–H groups in total. The second-order valence-electron chi connectivity index (χ2n) is 6.42. The maximum absolute atomic E-state index is 11.3. The lowest BCUT2D eigenvalue weighted by Gasteiger charge is -2.36. The molecule has 6 heteroatoms. The molecule has 3 rings (SSSR count). The summed E-state index contributed by atoms with van der Waals surface area (Å²) in [5, 5.41) is 4.80. The van der Waals surface area contributed by atoms with Crippen LogP contribution in [0.4, 0.5) is 5.69 Å². The molecule has 1 fully saturated rings. The van der Waals surface area contributed by atoms with E-state index in [2.05, 4.69) is 21.2 Å². The van der Waals surface area contributed by atoms with Gasteiger partial charge in [0.1, 0.15) is 0 Å². The lowest BCUT2D eigenvalue weighted by molar-refractivity contribution is 0.101. The molecule has 0 unspecified atom stereocenters. The summed E-state index contributed by atoms with van der Waals surface area (Å²) in [6.45, 7) is 6.06. The maximum Gasteiger partial charge on any atom is 0.173 e. The summed E-state index contributed by atoms with van der Waals surface area (Å²) in [5.74, 6) is 0.0637. The summed E-state index contributed by atoms with van der Waals surface area (Å²) in [7, 11) is 0. The van der Waals surface area contributed by atoms with E-state index >= 15 is 0 Å². The minimum absolute atomic E-state index is 0.0637. The standard InChI is InChI=1S/C20H22ClN3OS/c1-15(25)16-6-8-18(9-7-16)22-20(26)24-12-10-23(11-13-24)14-17-4-2-3-5-19(17)21/h2-9H,10-14H2,1H3,(H,22,26). The van der Waals surface area contributed by atoms with Crippen LogP contribution in [0.1, 0.15) is 22.8 Å². The van der Waals surface area contributed by atoms with Gasteiger partial charge in [-0.1, -0.05) is 29.8 Å². The number of piperazine rings is 1. The average Bonchev–Trinajstić information content (AvgIpc) is 2.64. The number of benzene rings is 2. The predicted molar refractivity (Wildman–Crippen MR) is 111 cm³/mol. The third-order valence-corrected chi connectivity index (χ3v) is 5.28. The highest BCUT2D eigenvalue weighted by atomic mass is 35.5. The Kier molecular flexibility index (Phi) is 6.25. The number of anilines is 1. The van der Waals surface area contributed by atoms with E-state index in [4.69, 9.17) is 23.8 Å². The first-order valence-corrected chi connectivity index (χ1v) is 9.44. The Bertz CT molecular complexity index is 786. The van der Waals surface area contributed by atoms with Crippen molar-refractivity contribution in [2.75, 3.05) is 31.5 Å². The quantitative estimate of drug-likeness (QED) is 0.632. The Balaban J connectivity index is 1.50. The van der Waals surface area contributed by atoms with Gasteiger partial charge in [0.25, 0.3) is 0 Å². The number of hydrogen-bond acceptors (Lipinski definition) is 3. The minimum atomic E-state index is 0.0637. The van der Waals surface area contributed by atoms with Crippen molar-refractivity contribution < 1.29 is 4.79 Å². The number of rotatable bonds is 4. The molecular formula is C20H22ClN3OS. The molecule has 2 aromatic carbocycles. The topological polar surface area (TPSA) is 35.6 Å². The summed E-state index contributed by atoms with van der Waals surface area (Å²) < 4.78 is 0. The van der Waals surface area contributed by atoms with Crippen molar-refractivity contribution >= 4 is 40.4 Å². The minimum Gasteiger partial charge on any atom is -0.346 e. The predicted octanol–water partition coefficient (Wildman–Crippen LogP) is 4.06. The van der Waals surface area contributed by atoms with Crippen LogP contribution in [0, 0.1) is 0 Å². The van der Waals surface area contributed by atoms with E-state index in [1.54, 1.807) is 6.92 Å². The Morgan fingerprint density at radius 3 is 2.35 bits per heavy atom. The molecular weight excluding hydrogens is 366 g/mol. The van der Waals surface area contributed by atoms with E-state index in [0.29, 0.717) is 5.56 Å². The fourth-order valence-electron chi connectivity index (χ4n) is 2.97. The Labute approximate surface area is 164 Å². The van der Waals surface area contributed by atoms with Crippen LogP contribution < -0.4 is 5.32 Å². The summed E-state index contributed by atoms with van der Waals surface area (Å²) in [6.07, 6.45) is 0. The van der Waals surface area contributed by atoms with E-state index in [1.807, 2.05) is 42.5 Å². The van der Waals surface area contributed by atoms with Crippen LogP contribution in [0.3, 0.4) is 0 Å². The molecule has 1 aliphatic rings. The largest absolute Gasteiger partial charge is 0.346 e.